The Morgan fingerprint density at radius 2 is 1.85 bits per heavy atom. The smallest absolute Gasteiger partial charge is 0.240 e. The van der Waals surface area contributed by atoms with E-state index >= 15 is 0 Å². The Balaban J connectivity index is 1.79. The first kappa shape index (κ1) is 17.7. The van der Waals surface area contributed by atoms with Gasteiger partial charge >= 0.3 is 0 Å². The SMILES string of the molecule is COc1ccc(Nn2c(N)nn(CC(=O)c3ccc(C)cc3)c2=S)cc1. The van der Waals surface area contributed by atoms with Crippen LogP contribution in [0.5, 0.6) is 5.75 Å². The third-order valence-electron chi connectivity index (χ3n) is 3.86. The lowest BCUT2D eigenvalue weighted by molar-refractivity contribution is 0.0967. The topological polar surface area (TPSA) is 87.1 Å². The van der Waals surface area contributed by atoms with Crippen molar-refractivity contribution in [2.24, 2.45) is 0 Å². The molecule has 3 N–H and O–H groups in total. The number of methoxy groups -OCH3 is 1. The molecule has 3 aromatic rings. The number of hydrogen-bond donors (Lipinski definition) is 2. The second kappa shape index (κ2) is 7.40. The maximum atomic E-state index is 12.4. The van der Waals surface area contributed by atoms with Crippen LogP contribution in [-0.4, -0.2) is 27.3 Å². The van der Waals surface area contributed by atoms with Gasteiger partial charge in [0, 0.05) is 5.56 Å². The first-order valence-corrected chi connectivity index (χ1v) is 8.35. The summed E-state index contributed by atoms with van der Waals surface area (Å²) in [6.45, 7) is 1.99. The molecule has 1 aromatic heterocycles. The number of benzene rings is 2. The average Bonchev–Trinajstić information content (AvgIpc) is 2.90. The second-order valence-corrected chi connectivity index (χ2v) is 6.13. The predicted octanol–water partition coefficient (Wildman–Crippen LogP) is 3.07. The maximum absolute atomic E-state index is 12.4. The van der Waals surface area contributed by atoms with Gasteiger partial charge in [0.2, 0.25) is 10.7 Å². The molecule has 0 saturated carbocycles. The molecule has 1 heterocycles. The van der Waals surface area contributed by atoms with E-state index in [-0.39, 0.29) is 18.3 Å². The van der Waals surface area contributed by atoms with Crippen LogP contribution < -0.4 is 15.9 Å². The molecule has 0 atom stereocenters. The van der Waals surface area contributed by atoms with Gasteiger partial charge in [-0.05, 0) is 43.4 Å². The van der Waals surface area contributed by atoms with Crippen LogP contribution in [0.4, 0.5) is 11.6 Å². The number of carbonyl (C=O) groups excluding carboxylic acids is 1. The molecule has 0 spiro atoms. The molecule has 0 unspecified atom stereocenters. The van der Waals surface area contributed by atoms with Gasteiger partial charge in [0.15, 0.2) is 5.78 Å². The van der Waals surface area contributed by atoms with Crippen molar-refractivity contribution in [3.8, 4) is 5.75 Å². The summed E-state index contributed by atoms with van der Waals surface area (Å²) < 4.78 is 8.30. The Kier molecular flexibility index (Phi) is 5.04. The van der Waals surface area contributed by atoms with Crippen molar-refractivity contribution in [3.63, 3.8) is 0 Å². The number of rotatable bonds is 6. The van der Waals surface area contributed by atoms with Crippen molar-refractivity contribution in [2.45, 2.75) is 13.5 Å². The van der Waals surface area contributed by atoms with E-state index in [1.807, 2.05) is 43.3 Å². The summed E-state index contributed by atoms with van der Waals surface area (Å²) in [4.78, 5) is 12.4. The van der Waals surface area contributed by atoms with Gasteiger partial charge in [-0.25, -0.2) is 4.68 Å². The van der Waals surface area contributed by atoms with Gasteiger partial charge < -0.3 is 10.5 Å². The fraction of sp³-hybridized carbons (Fsp3) is 0.167. The number of aryl methyl sites for hydroxylation is 1. The summed E-state index contributed by atoms with van der Waals surface area (Å²) in [7, 11) is 1.60. The molecule has 0 bridgehead atoms. The van der Waals surface area contributed by atoms with Crippen LogP contribution in [0.1, 0.15) is 15.9 Å². The molecule has 0 saturated heterocycles. The van der Waals surface area contributed by atoms with Gasteiger partial charge in [-0.2, -0.15) is 4.68 Å². The van der Waals surface area contributed by atoms with E-state index in [1.54, 1.807) is 19.2 Å². The quantitative estimate of drug-likeness (QED) is 0.513. The molecule has 3 rings (SSSR count). The lowest BCUT2D eigenvalue weighted by Gasteiger charge is -2.08. The normalized spacial score (nSPS) is 10.5. The van der Waals surface area contributed by atoms with E-state index in [4.69, 9.17) is 22.7 Å². The molecule has 2 aromatic carbocycles. The monoisotopic (exact) mass is 369 g/mol. The Labute approximate surface area is 156 Å². The fourth-order valence-electron chi connectivity index (χ4n) is 2.39. The number of hydrogen-bond acceptors (Lipinski definition) is 6. The van der Waals surface area contributed by atoms with Gasteiger partial charge in [0.25, 0.3) is 0 Å². The third-order valence-corrected chi connectivity index (χ3v) is 4.26. The number of aromatic nitrogens is 3. The van der Waals surface area contributed by atoms with Crippen LogP contribution in [0, 0.1) is 11.7 Å². The summed E-state index contributed by atoms with van der Waals surface area (Å²) in [6.07, 6.45) is 0. The zero-order chi connectivity index (χ0) is 18.7. The molecule has 134 valence electrons. The van der Waals surface area contributed by atoms with E-state index in [0.717, 1.165) is 17.0 Å². The highest BCUT2D eigenvalue weighted by atomic mass is 32.1. The van der Waals surface area contributed by atoms with E-state index < -0.39 is 0 Å². The molecule has 0 aliphatic carbocycles. The largest absolute Gasteiger partial charge is 0.497 e. The number of ether oxygens (including phenoxy) is 1. The highest BCUT2D eigenvalue weighted by Crippen LogP contribution is 2.16. The molecule has 8 heteroatoms. The summed E-state index contributed by atoms with van der Waals surface area (Å²) in [5, 5.41) is 4.17. The lowest BCUT2D eigenvalue weighted by Crippen LogP contribution is -2.14. The molecule has 26 heavy (non-hydrogen) atoms. The van der Waals surface area contributed by atoms with Gasteiger partial charge in [-0.3, -0.25) is 10.2 Å². The van der Waals surface area contributed by atoms with Crippen LogP contribution in [0.25, 0.3) is 0 Å². The average molecular weight is 369 g/mol. The summed E-state index contributed by atoms with van der Waals surface area (Å²) >= 11 is 5.39. The Bertz CT molecular complexity index is 974. The number of ketones is 1. The number of carbonyl (C=O) groups is 1. The number of Topliss-reactive ketones (excluding diaryl/α,β-unsaturated/α-hetero) is 1. The maximum Gasteiger partial charge on any atom is 0.240 e. The number of nitrogens with two attached hydrogens (primary N) is 1. The molecular formula is C18H19N5O2S. The minimum Gasteiger partial charge on any atom is -0.497 e. The Morgan fingerprint density at radius 1 is 1.19 bits per heavy atom. The van der Waals surface area contributed by atoms with Crippen LogP contribution >= 0.6 is 12.2 Å². The fourth-order valence-corrected chi connectivity index (χ4v) is 2.64. The first-order chi connectivity index (χ1) is 12.5. The summed E-state index contributed by atoms with van der Waals surface area (Å²) in [5.41, 5.74) is 11.5. The Hall–Kier alpha value is -3.13. The van der Waals surface area contributed by atoms with E-state index in [1.165, 1.54) is 9.36 Å². The third kappa shape index (κ3) is 3.75. The van der Waals surface area contributed by atoms with Crippen LogP contribution in [0.2, 0.25) is 0 Å². The molecular weight excluding hydrogens is 350 g/mol. The number of nitrogen functional groups attached to an aromatic ring is 1. The molecule has 0 radical (unpaired) electrons. The van der Waals surface area contributed by atoms with Crippen LogP contribution in [0.3, 0.4) is 0 Å². The van der Waals surface area contributed by atoms with Gasteiger partial charge in [0.1, 0.15) is 12.3 Å². The zero-order valence-corrected chi connectivity index (χ0v) is 15.3. The zero-order valence-electron chi connectivity index (χ0n) is 14.5. The van der Waals surface area contributed by atoms with Crippen molar-refractivity contribution >= 4 is 29.6 Å². The van der Waals surface area contributed by atoms with Gasteiger partial charge in [-0.15, -0.1) is 5.10 Å². The van der Waals surface area contributed by atoms with Crippen molar-refractivity contribution in [1.82, 2.24) is 14.5 Å². The minimum atomic E-state index is -0.0878. The van der Waals surface area contributed by atoms with Crippen LogP contribution in [-0.2, 0) is 6.54 Å². The Morgan fingerprint density at radius 3 is 2.46 bits per heavy atom. The number of nitrogens with one attached hydrogen (secondary N) is 1. The van der Waals surface area contributed by atoms with E-state index in [2.05, 4.69) is 10.5 Å². The van der Waals surface area contributed by atoms with Crippen LogP contribution in [0.15, 0.2) is 48.5 Å². The summed E-state index contributed by atoms with van der Waals surface area (Å²) in [6, 6.07) is 14.6. The van der Waals surface area contributed by atoms with E-state index in [0.29, 0.717) is 10.3 Å². The number of anilines is 2. The summed E-state index contributed by atoms with van der Waals surface area (Å²) in [5.74, 6) is 0.823. The highest BCUT2D eigenvalue weighted by molar-refractivity contribution is 7.71. The lowest BCUT2D eigenvalue weighted by atomic mass is 10.1. The van der Waals surface area contributed by atoms with Crippen molar-refractivity contribution in [2.75, 3.05) is 18.3 Å². The van der Waals surface area contributed by atoms with Crippen molar-refractivity contribution in [3.05, 3.63) is 64.4 Å². The molecule has 0 aliphatic heterocycles. The molecule has 7 nitrogen and oxygen atoms in total. The highest BCUT2D eigenvalue weighted by Gasteiger charge is 2.13. The number of nitrogens with zero attached hydrogens (tertiary/aromatic N) is 3. The minimum absolute atomic E-state index is 0.0172. The molecule has 0 fully saturated rings. The standard InChI is InChI=1S/C18H19N5O2S/c1-12-3-5-13(6-4-12)16(24)11-22-18(26)23(17(19)21-22)20-14-7-9-15(25-2)10-8-14/h3-10,20H,11H2,1-2H3,(H2,19,21). The van der Waals surface area contributed by atoms with Crippen molar-refractivity contribution in [1.29, 1.82) is 0 Å². The van der Waals surface area contributed by atoms with E-state index in [9.17, 15) is 4.79 Å². The first-order valence-electron chi connectivity index (χ1n) is 7.94. The second-order valence-electron chi connectivity index (χ2n) is 5.76. The molecule has 0 aliphatic rings. The predicted molar refractivity (Wildman–Crippen MR) is 103 cm³/mol. The van der Waals surface area contributed by atoms with Gasteiger partial charge in [0.05, 0.1) is 12.8 Å². The van der Waals surface area contributed by atoms with Crippen molar-refractivity contribution < 1.29 is 9.53 Å². The van der Waals surface area contributed by atoms with Gasteiger partial charge in [-0.1, -0.05) is 29.8 Å². The molecule has 0 amide bonds.